The molecule has 44 heavy (non-hydrogen) atoms. The maximum absolute atomic E-state index is 13.0. The molecule has 1 aromatic carbocycles. The highest BCUT2D eigenvalue weighted by molar-refractivity contribution is 7.88. The summed E-state index contributed by atoms with van der Waals surface area (Å²) in [6.07, 6.45) is 4.16. The molecule has 2 fully saturated rings. The predicted molar refractivity (Wildman–Crippen MR) is 140 cm³/mol. The standard InChI is InChI=1S/C26H28F6O10S2/c27-25(28,29)43(33,34)41-21-17-19(9-1-5-13-37-23-11-3-7-15-39-23)20(18-22(21)42-44(35,36)26(30,31)32)10-2-6-14-38-24-12-4-8-16-40-24/h17-18,23-24H,3-8,11-16H2. The van der Waals surface area contributed by atoms with Gasteiger partial charge in [-0.25, -0.2) is 0 Å². The fourth-order valence-corrected chi connectivity index (χ4v) is 4.63. The number of alkyl halides is 6. The molecule has 0 N–H and O–H groups in total. The van der Waals surface area contributed by atoms with E-state index in [1.54, 1.807) is 0 Å². The van der Waals surface area contributed by atoms with Crippen LogP contribution in [-0.2, 0) is 39.2 Å². The molecule has 0 spiro atoms. The first-order valence-corrected chi connectivity index (χ1v) is 16.0. The van der Waals surface area contributed by atoms with Crippen LogP contribution in [0.4, 0.5) is 26.3 Å². The number of rotatable bonds is 10. The zero-order valence-corrected chi connectivity index (χ0v) is 24.6. The summed E-state index contributed by atoms with van der Waals surface area (Å²) in [6.45, 7) is 1.21. The van der Waals surface area contributed by atoms with Crippen LogP contribution in [0.15, 0.2) is 12.1 Å². The van der Waals surface area contributed by atoms with Crippen molar-refractivity contribution in [3.8, 4) is 35.2 Å². The van der Waals surface area contributed by atoms with Crippen molar-refractivity contribution in [3.05, 3.63) is 23.3 Å². The van der Waals surface area contributed by atoms with Crippen molar-refractivity contribution in [3.63, 3.8) is 0 Å². The van der Waals surface area contributed by atoms with Gasteiger partial charge >= 0.3 is 31.3 Å². The Morgan fingerprint density at radius 2 is 1.07 bits per heavy atom. The monoisotopic (exact) mass is 678 g/mol. The molecule has 2 atom stereocenters. The van der Waals surface area contributed by atoms with Crippen molar-refractivity contribution in [2.45, 2.75) is 75.0 Å². The van der Waals surface area contributed by atoms with E-state index in [2.05, 4.69) is 32.0 Å². The molecular weight excluding hydrogens is 650 g/mol. The van der Waals surface area contributed by atoms with Crippen LogP contribution < -0.4 is 8.37 Å². The molecule has 0 amide bonds. The Morgan fingerprint density at radius 1 is 0.682 bits per heavy atom. The lowest BCUT2D eigenvalue weighted by molar-refractivity contribution is -0.161. The summed E-state index contributed by atoms with van der Waals surface area (Å²) in [6, 6.07) is 0.970. The van der Waals surface area contributed by atoms with Crippen molar-refractivity contribution in [2.24, 2.45) is 0 Å². The molecule has 2 aliphatic rings. The molecule has 0 radical (unpaired) electrons. The van der Waals surface area contributed by atoms with E-state index in [4.69, 9.17) is 18.9 Å². The molecule has 0 saturated carbocycles. The Bertz CT molecular complexity index is 1350. The van der Waals surface area contributed by atoms with Gasteiger partial charge < -0.3 is 27.3 Å². The highest BCUT2D eigenvalue weighted by Gasteiger charge is 2.51. The van der Waals surface area contributed by atoms with Crippen LogP contribution >= 0.6 is 0 Å². The molecule has 0 bridgehead atoms. The van der Waals surface area contributed by atoms with Gasteiger partial charge in [0.05, 0.1) is 13.2 Å². The third kappa shape index (κ3) is 10.7. The maximum atomic E-state index is 13.0. The normalized spacial score (nSPS) is 19.7. The number of hydrogen-bond donors (Lipinski definition) is 0. The van der Waals surface area contributed by atoms with E-state index < -0.39 is 55.3 Å². The Kier molecular flexibility index (Phi) is 12.6. The Balaban J connectivity index is 1.93. The van der Waals surface area contributed by atoms with E-state index >= 15 is 0 Å². The van der Waals surface area contributed by atoms with E-state index in [0.29, 0.717) is 38.2 Å². The number of ether oxygens (including phenoxy) is 4. The van der Waals surface area contributed by atoms with Crippen LogP contribution in [0.2, 0.25) is 0 Å². The topological polar surface area (TPSA) is 124 Å². The minimum atomic E-state index is -6.47. The van der Waals surface area contributed by atoms with Crippen molar-refractivity contribution in [2.75, 3.05) is 26.4 Å². The van der Waals surface area contributed by atoms with Crippen molar-refractivity contribution >= 4 is 20.2 Å². The molecule has 10 nitrogen and oxygen atoms in total. The summed E-state index contributed by atoms with van der Waals surface area (Å²) >= 11 is 0. The molecule has 0 aliphatic carbocycles. The average molecular weight is 679 g/mol. The lowest BCUT2D eigenvalue weighted by atomic mass is 10.1. The first kappa shape index (κ1) is 35.7. The minimum absolute atomic E-state index is 0.0553. The maximum Gasteiger partial charge on any atom is 0.534 e. The van der Waals surface area contributed by atoms with Gasteiger partial charge in [0.25, 0.3) is 0 Å². The third-order valence-corrected chi connectivity index (χ3v) is 7.77. The average Bonchev–Trinajstić information content (AvgIpc) is 2.94. The molecule has 2 saturated heterocycles. The second-order valence-corrected chi connectivity index (χ2v) is 12.3. The largest absolute Gasteiger partial charge is 0.534 e. The molecule has 2 heterocycles. The minimum Gasteiger partial charge on any atom is -0.372 e. The van der Waals surface area contributed by atoms with Gasteiger partial charge in [0.2, 0.25) is 0 Å². The van der Waals surface area contributed by atoms with Gasteiger partial charge in [-0.3, -0.25) is 0 Å². The van der Waals surface area contributed by atoms with E-state index in [-0.39, 0.29) is 37.2 Å². The SMILES string of the molecule is O=S(=O)(Oc1cc(C#CCCOC2CCCCO2)c(C#CCCOC2CCCCO2)cc1OS(=O)(=O)C(F)(F)F)C(F)(F)F. The Morgan fingerprint density at radius 3 is 1.39 bits per heavy atom. The smallest absolute Gasteiger partial charge is 0.372 e. The Hall–Kier alpha value is -2.74. The number of halogens is 6. The van der Waals surface area contributed by atoms with Gasteiger partial charge in [-0.1, -0.05) is 23.7 Å². The van der Waals surface area contributed by atoms with Gasteiger partial charge in [0, 0.05) is 49.3 Å². The molecular formula is C26H28F6O10S2. The fraction of sp³-hybridized carbons (Fsp3) is 0.615. The molecule has 246 valence electrons. The third-order valence-electron chi connectivity index (χ3n) is 5.83. The highest BCUT2D eigenvalue weighted by atomic mass is 32.2. The van der Waals surface area contributed by atoms with Gasteiger partial charge in [0.15, 0.2) is 24.1 Å². The van der Waals surface area contributed by atoms with Crippen LogP contribution in [0, 0.1) is 23.7 Å². The van der Waals surface area contributed by atoms with Crippen molar-refractivity contribution in [1.29, 1.82) is 0 Å². The second kappa shape index (κ2) is 15.5. The summed E-state index contributed by atoms with van der Waals surface area (Å²) in [5, 5.41) is 0. The van der Waals surface area contributed by atoms with Crippen LogP contribution in [0.1, 0.15) is 62.5 Å². The molecule has 2 unspecified atom stereocenters. The predicted octanol–water partition coefficient (Wildman–Crippen LogP) is 4.71. The zero-order valence-electron chi connectivity index (χ0n) is 23.0. The molecule has 2 aliphatic heterocycles. The summed E-state index contributed by atoms with van der Waals surface area (Å²) in [4.78, 5) is 0. The van der Waals surface area contributed by atoms with Crippen LogP contribution in [0.3, 0.4) is 0 Å². The first-order valence-electron chi connectivity index (χ1n) is 13.2. The Labute approximate surface area is 250 Å². The summed E-state index contributed by atoms with van der Waals surface area (Å²) in [5.74, 6) is 7.27. The quantitative estimate of drug-likeness (QED) is 0.113. The van der Waals surface area contributed by atoms with Crippen LogP contribution in [-0.4, -0.2) is 66.9 Å². The van der Waals surface area contributed by atoms with Gasteiger partial charge in [0.1, 0.15) is 0 Å². The van der Waals surface area contributed by atoms with E-state index in [1.807, 2.05) is 0 Å². The van der Waals surface area contributed by atoms with Crippen molar-refractivity contribution in [1.82, 2.24) is 0 Å². The van der Waals surface area contributed by atoms with E-state index in [9.17, 15) is 43.2 Å². The van der Waals surface area contributed by atoms with E-state index in [1.165, 1.54) is 0 Å². The molecule has 18 heteroatoms. The second-order valence-electron chi connectivity index (χ2n) is 9.25. The lowest BCUT2D eigenvalue weighted by Gasteiger charge is -2.22. The van der Waals surface area contributed by atoms with Crippen molar-refractivity contribution < 1.29 is 70.5 Å². The summed E-state index contributed by atoms with van der Waals surface area (Å²) < 4.78 is 155. The van der Waals surface area contributed by atoms with Gasteiger partial charge in [-0.2, -0.15) is 43.2 Å². The first-order chi connectivity index (χ1) is 20.6. The molecule has 1 aromatic rings. The highest BCUT2D eigenvalue weighted by Crippen LogP contribution is 2.38. The van der Waals surface area contributed by atoms with Crippen LogP contribution in [0.5, 0.6) is 11.5 Å². The number of benzene rings is 1. The van der Waals surface area contributed by atoms with Gasteiger partial charge in [-0.15, -0.1) is 0 Å². The molecule has 3 rings (SSSR count). The summed E-state index contributed by atoms with van der Waals surface area (Å²) in [5.41, 5.74) is -12.6. The van der Waals surface area contributed by atoms with E-state index in [0.717, 1.165) is 25.7 Å². The lowest BCUT2D eigenvalue weighted by Crippen LogP contribution is -2.30. The van der Waals surface area contributed by atoms with Crippen LogP contribution in [0.25, 0.3) is 0 Å². The molecule has 0 aromatic heterocycles. The van der Waals surface area contributed by atoms with Gasteiger partial charge in [-0.05, 0) is 38.5 Å². The number of hydrogen-bond acceptors (Lipinski definition) is 10. The fourth-order valence-electron chi connectivity index (χ4n) is 3.71. The summed E-state index contributed by atoms with van der Waals surface area (Å²) in [7, 11) is -12.9. The zero-order chi connectivity index (χ0) is 32.4.